The molecule has 0 spiro atoms. The van der Waals surface area contributed by atoms with Crippen molar-refractivity contribution in [1.29, 1.82) is 0 Å². The van der Waals surface area contributed by atoms with Crippen LogP contribution < -0.4 is 5.32 Å². The van der Waals surface area contributed by atoms with Crippen molar-refractivity contribution in [3.8, 4) is 0 Å². The Balaban J connectivity index is 4.34. The van der Waals surface area contributed by atoms with E-state index in [0.717, 1.165) is 6.92 Å². The number of carbonyl (C=O) groups excluding carboxylic acids is 1. The predicted molar refractivity (Wildman–Crippen MR) is 59.9 cm³/mol. The molecule has 0 aliphatic heterocycles. The van der Waals surface area contributed by atoms with E-state index in [2.05, 4.69) is 5.32 Å². The SMILES string of the molecule is CC(C(=O)NCC(C)(O)C(=O)O)C(C)(C)C. The van der Waals surface area contributed by atoms with E-state index in [-0.39, 0.29) is 23.8 Å². The van der Waals surface area contributed by atoms with Gasteiger partial charge in [-0.05, 0) is 12.3 Å². The summed E-state index contributed by atoms with van der Waals surface area (Å²) >= 11 is 0. The molecule has 2 atom stereocenters. The molecular weight excluding hydrogens is 210 g/mol. The lowest BCUT2D eigenvalue weighted by molar-refractivity contribution is -0.156. The van der Waals surface area contributed by atoms with E-state index >= 15 is 0 Å². The topological polar surface area (TPSA) is 86.6 Å². The number of aliphatic carboxylic acids is 1. The van der Waals surface area contributed by atoms with Crippen LogP contribution in [0.3, 0.4) is 0 Å². The van der Waals surface area contributed by atoms with Gasteiger partial charge in [0, 0.05) is 5.92 Å². The second kappa shape index (κ2) is 4.82. The molecule has 0 radical (unpaired) electrons. The minimum atomic E-state index is -1.92. The zero-order chi connectivity index (χ0) is 13.1. The number of hydrogen-bond donors (Lipinski definition) is 3. The maximum Gasteiger partial charge on any atom is 0.337 e. The van der Waals surface area contributed by atoms with Gasteiger partial charge in [-0.3, -0.25) is 4.79 Å². The summed E-state index contributed by atoms with van der Waals surface area (Å²) in [5, 5.41) is 20.5. The van der Waals surface area contributed by atoms with Gasteiger partial charge >= 0.3 is 5.97 Å². The third-order valence-corrected chi connectivity index (χ3v) is 2.76. The van der Waals surface area contributed by atoms with E-state index in [0.29, 0.717) is 0 Å². The van der Waals surface area contributed by atoms with Gasteiger partial charge in [0.2, 0.25) is 5.91 Å². The van der Waals surface area contributed by atoms with Crippen molar-refractivity contribution in [2.24, 2.45) is 11.3 Å². The van der Waals surface area contributed by atoms with Crippen molar-refractivity contribution in [1.82, 2.24) is 5.32 Å². The Morgan fingerprint density at radius 3 is 2.00 bits per heavy atom. The first-order valence-electron chi connectivity index (χ1n) is 5.22. The van der Waals surface area contributed by atoms with E-state index in [9.17, 15) is 14.7 Å². The fourth-order valence-electron chi connectivity index (χ4n) is 0.881. The summed E-state index contributed by atoms with van der Waals surface area (Å²) in [5.74, 6) is -1.86. The highest BCUT2D eigenvalue weighted by Crippen LogP contribution is 2.25. The largest absolute Gasteiger partial charge is 0.479 e. The zero-order valence-corrected chi connectivity index (χ0v) is 10.5. The number of rotatable bonds is 4. The molecule has 0 fully saturated rings. The van der Waals surface area contributed by atoms with Crippen LogP contribution in [-0.4, -0.2) is 34.2 Å². The summed E-state index contributed by atoms with van der Waals surface area (Å²) in [4.78, 5) is 22.2. The Morgan fingerprint density at radius 2 is 1.69 bits per heavy atom. The third-order valence-electron chi connectivity index (χ3n) is 2.76. The fourth-order valence-corrected chi connectivity index (χ4v) is 0.881. The fraction of sp³-hybridized carbons (Fsp3) is 0.818. The van der Waals surface area contributed by atoms with Gasteiger partial charge in [-0.1, -0.05) is 27.7 Å². The summed E-state index contributed by atoms with van der Waals surface area (Å²) < 4.78 is 0. The average Bonchev–Trinajstić information content (AvgIpc) is 2.11. The Labute approximate surface area is 95.9 Å². The van der Waals surface area contributed by atoms with Crippen molar-refractivity contribution in [3.05, 3.63) is 0 Å². The molecule has 0 heterocycles. The van der Waals surface area contributed by atoms with E-state index in [4.69, 9.17) is 5.11 Å². The van der Waals surface area contributed by atoms with Gasteiger partial charge in [0.05, 0.1) is 6.54 Å². The van der Waals surface area contributed by atoms with Crippen LogP contribution >= 0.6 is 0 Å². The number of carbonyl (C=O) groups is 2. The maximum atomic E-state index is 11.6. The number of aliphatic hydroxyl groups is 1. The molecule has 16 heavy (non-hydrogen) atoms. The van der Waals surface area contributed by atoms with Crippen LogP contribution in [0, 0.1) is 11.3 Å². The molecule has 0 aliphatic carbocycles. The lowest BCUT2D eigenvalue weighted by Crippen LogP contribution is -2.48. The summed E-state index contributed by atoms with van der Waals surface area (Å²) in [6.07, 6.45) is 0. The number of amides is 1. The molecule has 0 saturated heterocycles. The van der Waals surface area contributed by atoms with E-state index in [1.807, 2.05) is 20.8 Å². The molecule has 0 aromatic carbocycles. The first kappa shape index (κ1) is 14.9. The molecule has 0 bridgehead atoms. The van der Waals surface area contributed by atoms with Crippen LogP contribution in [0.5, 0.6) is 0 Å². The van der Waals surface area contributed by atoms with Crippen LogP contribution in [0.2, 0.25) is 0 Å². The number of carboxylic acids is 1. The highest BCUT2D eigenvalue weighted by Gasteiger charge is 2.32. The molecule has 94 valence electrons. The Kier molecular flexibility index (Phi) is 4.49. The van der Waals surface area contributed by atoms with E-state index in [1.54, 1.807) is 6.92 Å². The van der Waals surface area contributed by atoms with Gasteiger partial charge in [0.25, 0.3) is 0 Å². The summed E-state index contributed by atoms with van der Waals surface area (Å²) in [6, 6.07) is 0. The van der Waals surface area contributed by atoms with Gasteiger partial charge in [-0.2, -0.15) is 0 Å². The number of nitrogens with one attached hydrogen (secondary N) is 1. The molecule has 0 rings (SSSR count). The van der Waals surface area contributed by atoms with Crippen LogP contribution in [0.1, 0.15) is 34.6 Å². The van der Waals surface area contributed by atoms with Crippen LogP contribution in [0.15, 0.2) is 0 Å². The number of carboxylic acid groups (broad SMARTS) is 1. The molecule has 2 unspecified atom stereocenters. The molecule has 5 nitrogen and oxygen atoms in total. The molecule has 0 aliphatic rings. The van der Waals surface area contributed by atoms with Gasteiger partial charge in [0.15, 0.2) is 5.60 Å². The van der Waals surface area contributed by atoms with Crippen molar-refractivity contribution in [2.45, 2.75) is 40.2 Å². The van der Waals surface area contributed by atoms with Crippen molar-refractivity contribution in [2.75, 3.05) is 6.54 Å². The summed E-state index contributed by atoms with van der Waals surface area (Å²) in [5.41, 5.74) is -2.12. The smallest absolute Gasteiger partial charge is 0.337 e. The lowest BCUT2D eigenvalue weighted by atomic mass is 9.81. The Morgan fingerprint density at radius 1 is 1.25 bits per heavy atom. The highest BCUT2D eigenvalue weighted by molar-refractivity contribution is 5.81. The zero-order valence-electron chi connectivity index (χ0n) is 10.5. The molecule has 0 saturated carbocycles. The normalized spacial score (nSPS) is 17.4. The quantitative estimate of drug-likeness (QED) is 0.662. The minimum Gasteiger partial charge on any atom is -0.479 e. The average molecular weight is 231 g/mol. The van der Waals surface area contributed by atoms with Crippen LogP contribution in [0.4, 0.5) is 0 Å². The molecule has 3 N–H and O–H groups in total. The van der Waals surface area contributed by atoms with Gasteiger partial charge in [0.1, 0.15) is 0 Å². The molecule has 5 heteroatoms. The minimum absolute atomic E-state index is 0.195. The summed E-state index contributed by atoms with van der Waals surface area (Å²) in [7, 11) is 0. The third kappa shape index (κ3) is 4.18. The second-order valence-corrected chi connectivity index (χ2v) is 5.38. The standard InChI is InChI=1S/C11H21NO4/c1-7(10(2,3)4)8(13)12-6-11(5,16)9(14)15/h7,16H,6H2,1-5H3,(H,12,13)(H,14,15). The predicted octanol–water partition coefficient (Wildman–Crippen LogP) is 0.620. The second-order valence-electron chi connectivity index (χ2n) is 5.38. The first-order chi connectivity index (χ1) is 6.98. The van der Waals surface area contributed by atoms with Gasteiger partial charge < -0.3 is 15.5 Å². The van der Waals surface area contributed by atoms with Crippen molar-refractivity contribution >= 4 is 11.9 Å². The lowest BCUT2D eigenvalue weighted by Gasteiger charge is -2.27. The number of hydrogen-bond acceptors (Lipinski definition) is 3. The Bertz CT molecular complexity index is 278. The molecular formula is C11H21NO4. The van der Waals surface area contributed by atoms with Gasteiger partial charge in [-0.25, -0.2) is 4.79 Å². The van der Waals surface area contributed by atoms with Crippen LogP contribution in [0.25, 0.3) is 0 Å². The first-order valence-corrected chi connectivity index (χ1v) is 5.22. The van der Waals surface area contributed by atoms with E-state index < -0.39 is 11.6 Å². The van der Waals surface area contributed by atoms with E-state index in [1.165, 1.54) is 0 Å². The molecule has 1 amide bonds. The maximum absolute atomic E-state index is 11.6. The molecule has 0 aromatic heterocycles. The van der Waals surface area contributed by atoms with Crippen LogP contribution in [-0.2, 0) is 9.59 Å². The summed E-state index contributed by atoms with van der Waals surface area (Å²) in [6.45, 7) is 8.40. The monoisotopic (exact) mass is 231 g/mol. The molecule has 0 aromatic rings. The Hall–Kier alpha value is -1.10. The van der Waals surface area contributed by atoms with Crippen molar-refractivity contribution < 1.29 is 19.8 Å². The highest BCUT2D eigenvalue weighted by atomic mass is 16.4. The van der Waals surface area contributed by atoms with Crippen molar-refractivity contribution in [3.63, 3.8) is 0 Å². The van der Waals surface area contributed by atoms with Gasteiger partial charge in [-0.15, -0.1) is 0 Å².